The number of hydrogen-bond donors (Lipinski definition) is 0. The van der Waals surface area contributed by atoms with Crippen LogP contribution >= 0.6 is 0 Å². The molecule has 0 aromatic rings. The van der Waals surface area contributed by atoms with Crippen LogP contribution in [0.25, 0.3) is 0 Å². The minimum absolute atomic E-state index is 0.0668. The lowest BCUT2D eigenvalue weighted by atomic mass is 10.0. The smallest absolute Gasteiger partial charge is 0.306 e. The van der Waals surface area contributed by atoms with Crippen LogP contribution in [0.4, 0.5) is 0 Å². The predicted molar refractivity (Wildman–Crippen MR) is 169 cm³/mol. The van der Waals surface area contributed by atoms with Crippen molar-refractivity contribution in [3.8, 4) is 0 Å². The zero-order chi connectivity index (χ0) is 30.2. The second kappa shape index (κ2) is 31.3. The molecule has 0 saturated heterocycles. The lowest BCUT2D eigenvalue weighted by Gasteiger charge is -2.18. The minimum atomic E-state index is -0.752. The number of ether oxygens (including phenoxy) is 3. The molecular weight excluding hydrogens is 516 g/mol. The number of esters is 3. The molecule has 0 spiro atoms. The highest BCUT2D eigenvalue weighted by atomic mass is 16.6. The van der Waals surface area contributed by atoms with Gasteiger partial charge in [-0.3, -0.25) is 14.4 Å². The van der Waals surface area contributed by atoms with Crippen molar-refractivity contribution in [2.24, 2.45) is 0 Å². The van der Waals surface area contributed by atoms with E-state index in [2.05, 4.69) is 20.8 Å². The van der Waals surface area contributed by atoms with Crippen molar-refractivity contribution < 1.29 is 28.6 Å². The molecule has 0 bridgehead atoms. The van der Waals surface area contributed by atoms with Gasteiger partial charge in [0.25, 0.3) is 0 Å². The van der Waals surface area contributed by atoms with Gasteiger partial charge in [-0.15, -0.1) is 0 Å². The summed E-state index contributed by atoms with van der Waals surface area (Å²) in [7, 11) is 0. The van der Waals surface area contributed by atoms with Crippen LogP contribution in [0.5, 0.6) is 0 Å². The van der Waals surface area contributed by atoms with E-state index in [1.807, 2.05) is 0 Å². The van der Waals surface area contributed by atoms with Crippen molar-refractivity contribution in [2.75, 3.05) is 13.2 Å². The fourth-order valence-corrected chi connectivity index (χ4v) is 4.91. The molecule has 0 fully saturated rings. The van der Waals surface area contributed by atoms with E-state index in [4.69, 9.17) is 14.2 Å². The van der Waals surface area contributed by atoms with Gasteiger partial charge < -0.3 is 14.2 Å². The molecule has 0 aromatic carbocycles. The Morgan fingerprint density at radius 3 is 0.976 bits per heavy atom. The zero-order valence-corrected chi connectivity index (χ0v) is 27.3. The van der Waals surface area contributed by atoms with Gasteiger partial charge in [-0.05, 0) is 19.3 Å². The third kappa shape index (κ3) is 29.7. The Morgan fingerprint density at radius 2 is 0.659 bits per heavy atom. The molecule has 0 aliphatic heterocycles. The first-order chi connectivity index (χ1) is 20.0. The average Bonchev–Trinajstić information content (AvgIpc) is 2.96. The summed E-state index contributed by atoms with van der Waals surface area (Å²) in [5.41, 5.74) is 0. The Bertz CT molecular complexity index is 605. The van der Waals surface area contributed by atoms with Crippen LogP contribution in [0.2, 0.25) is 0 Å². The summed E-state index contributed by atoms with van der Waals surface area (Å²) in [6.45, 7) is 6.44. The van der Waals surface area contributed by atoms with E-state index in [9.17, 15) is 14.4 Å². The normalized spacial score (nSPS) is 11.8. The standard InChI is InChI=1S/C35H66O6/c1-4-7-10-13-14-15-16-17-18-19-20-23-25-28-34(37)40-31-32(41-35(38)29-26-22-12-9-6-3)30-39-33(36)27-24-21-11-8-5-2/h32H,4-31H2,1-3H3. The molecule has 6 heteroatoms. The molecule has 0 saturated carbocycles. The molecule has 0 N–H and O–H groups in total. The van der Waals surface area contributed by atoms with Crippen molar-refractivity contribution in [1.29, 1.82) is 0 Å². The summed E-state index contributed by atoms with van der Waals surface area (Å²) in [4.78, 5) is 36.8. The second-order valence-corrected chi connectivity index (χ2v) is 11.8. The van der Waals surface area contributed by atoms with E-state index < -0.39 is 6.10 Å². The Hall–Kier alpha value is -1.59. The van der Waals surface area contributed by atoms with Gasteiger partial charge in [0.2, 0.25) is 0 Å². The molecule has 0 amide bonds. The van der Waals surface area contributed by atoms with Gasteiger partial charge in [0.05, 0.1) is 0 Å². The monoisotopic (exact) mass is 582 g/mol. The lowest BCUT2D eigenvalue weighted by Crippen LogP contribution is -2.30. The third-order valence-electron chi connectivity index (χ3n) is 7.61. The van der Waals surface area contributed by atoms with E-state index in [1.54, 1.807) is 0 Å². The van der Waals surface area contributed by atoms with Gasteiger partial charge in [0.15, 0.2) is 6.10 Å². The van der Waals surface area contributed by atoms with E-state index in [0.29, 0.717) is 19.3 Å². The van der Waals surface area contributed by atoms with Crippen molar-refractivity contribution in [1.82, 2.24) is 0 Å². The molecule has 0 aliphatic carbocycles. The zero-order valence-electron chi connectivity index (χ0n) is 27.3. The number of carbonyl (C=O) groups is 3. The Kier molecular flexibility index (Phi) is 30.1. The molecule has 0 radical (unpaired) electrons. The molecule has 41 heavy (non-hydrogen) atoms. The largest absolute Gasteiger partial charge is 0.462 e. The Morgan fingerprint density at radius 1 is 0.390 bits per heavy atom. The van der Waals surface area contributed by atoms with Gasteiger partial charge in [-0.2, -0.15) is 0 Å². The molecule has 1 unspecified atom stereocenters. The summed E-state index contributed by atoms with van der Waals surface area (Å²) in [6.07, 6.45) is 27.1. The van der Waals surface area contributed by atoms with Crippen molar-refractivity contribution in [3.05, 3.63) is 0 Å². The highest BCUT2D eigenvalue weighted by Crippen LogP contribution is 2.14. The number of rotatable bonds is 31. The Labute approximate surface area is 253 Å². The molecular formula is C35H66O6. The van der Waals surface area contributed by atoms with E-state index in [1.165, 1.54) is 77.0 Å². The van der Waals surface area contributed by atoms with E-state index in [0.717, 1.165) is 70.6 Å². The van der Waals surface area contributed by atoms with E-state index >= 15 is 0 Å². The molecule has 0 aliphatic rings. The molecule has 0 heterocycles. The average molecular weight is 583 g/mol. The quantitative estimate of drug-likeness (QED) is 0.0459. The van der Waals surface area contributed by atoms with Crippen molar-refractivity contribution in [3.63, 3.8) is 0 Å². The molecule has 6 nitrogen and oxygen atoms in total. The maximum absolute atomic E-state index is 12.4. The lowest BCUT2D eigenvalue weighted by molar-refractivity contribution is -0.167. The van der Waals surface area contributed by atoms with Gasteiger partial charge in [0, 0.05) is 19.3 Å². The topological polar surface area (TPSA) is 78.9 Å². The summed E-state index contributed by atoms with van der Waals surface area (Å²) in [5, 5.41) is 0. The fourth-order valence-electron chi connectivity index (χ4n) is 4.91. The summed E-state index contributed by atoms with van der Waals surface area (Å²) >= 11 is 0. The maximum atomic E-state index is 12.4. The van der Waals surface area contributed by atoms with Crippen LogP contribution < -0.4 is 0 Å². The van der Waals surface area contributed by atoms with Crippen molar-refractivity contribution in [2.45, 2.75) is 194 Å². The van der Waals surface area contributed by atoms with Crippen LogP contribution in [0.3, 0.4) is 0 Å². The van der Waals surface area contributed by atoms with Crippen LogP contribution in [0.15, 0.2) is 0 Å². The van der Waals surface area contributed by atoms with E-state index in [-0.39, 0.29) is 31.1 Å². The Balaban J connectivity index is 4.16. The number of hydrogen-bond acceptors (Lipinski definition) is 6. The summed E-state index contributed by atoms with van der Waals surface area (Å²) in [6, 6.07) is 0. The van der Waals surface area contributed by atoms with Gasteiger partial charge in [0.1, 0.15) is 13.2 Å². The second-order valence-electron chi connectivity index (χ2n) is 11.8. The van der Waals surface area contributed by atoms with Crippen LogP contribution in [-0.2, 0) is 28.6 Å². The molecule has 242 valence electrons. The van der Waals surface area contributed by atoms with Crippen LogP contribution in [0.1, 0.15) is 188 Å². The SMILES string of the molecule is CCCCCCCCCCCCCCCC(=O)OCC(COC(=O)CCCCCCC)OC(=O)CCCCCCC. The van der Waals surface area contributed by atoms with Gasteiger partial charge in [-0.25, -0.2) is 0 Å². The van der Waals surface area contributed by atoms with Crippen LogP contribution in [-0.4, -0.2) is 37.2 Å². The predicted octanol–water partition coefficient (Wildman–Crippen LogP) is 10.2. The summed E-state index contributed by atoms with van der Waals surface area (Å²) < 4.78 is 16.3. The minimum Gasteiger partial charge on any atom is -0.462 e. The number of unbranched alkanes of at least 4 members (excludes halogenated alkanes) is 20. The first-order valence-corrected chi connectivity index (χ1v) is 17.5. The third-order valence-corrected chi connectivity index (χ3v) is 7.61. The van der Waals surface area contributed by atoms with Gasteiger partial charge in [-0.1, -0.05) is 149 Å². The van der Waals surface area contributed by atoms with Gasteiger partial charge >= 0.3 is 17.9 Å². The highest BCUT2D eigenvalue weighted by molar-refractivity contribution is 5.71. The highest BCUT2D eigenvalue weighted by Gasteiger charge is 2.19. The fraction of sp³-hybridized carbons (Fsp3) is 0.914. The first kappa shape index (κ1) is 39.4. The first-order valence-electron chi connectivity index (χ1n) is 17.5. The number of carbonyl (C=O) groups excluding carboxylic acids is 3. The maximum Gasteiger partial charge on any atom is 0.306 e. The molecule has 0 aromatic heterocycles. The molecule has 1 atom stereocenters. The van der Waals surface area contributed by atoms with Crippen molar-refractivity contribution >= 4 is 17.9 Å². The molecule has 0 rings (SSSR count). The van der Waals surface area contributed by atoms with Crippen LogP contribution in [0, 0.1) is 0 Å². The summed E-state index contributed by atoms with van der Waals surface area (Å²) in [5.74, 6) is -0.897.